The van der Waals surface area contributed by atoms with E-state index in [-0.39, 0.29) is 0 Å². The smallest absolute Gasteiger partial charge is 0.0768 e. The highest BCUT2D eigenvalue weighted by atomic mass is 16.3. The van der Waals surface area contributed by atoms with Crippen molar-refractivity contribution in [3.63, 3.8) is 0 Å². The van der Waals surface area contributed by atoms with Crippen LogP contribution in [0.4, 0.5) is 0 Å². The van der Waals surface area contributed by atoms with E-state index in [4.69, 9.17) is 0 Å². The fourth-order valence-electron chi connectivity index (χ4n) is 1.98. The van der Waals surface area contributed by atoms with E-state index < -0.39 is 5.60 Å². The van der Waals surface area contributed by atoms with Gasteiger partial charge < -0.3 is 10.0 Å². The fraction of sp³-hybridized carbons (Fsp3) is 1.00. The number of likely N-dealkylation sites (N-methyl/N-ethyl adjacent to an activating group) is 1. The van der Waals surface area contributed by atoms with E-state index in [0.717, 1.165) is 19.0 Å². The summed E-state index contributed by atoms with van der Waals surface area (Å²) in [6.45, 7) is 11.4. The van der Waals surface area contributed by atoms with Gasteiger partial charge in [-0.15, -0.1) is 0 Å². The molecule has 0 aliphatic heterocycles. The first-order valence-corrected chi connectivity index (χ1v) is 6.40. The summed E-state index contributed by atoms with van der Waals surface area (Å²) in [5.74, 6) is 1.22. The van der Waals surface area contributed by atoms with Crippen LogP contribution in [0.25, 0.3) is 0 Å². The molecule has 1 atom stereocenters. The molecule has 0 heterocycles. The van der Waals surface area contributed by atoms with Gasteiger partial charge in [-0.2, -0.15) is 0 Å². The number of hydrogen-bond acceptors (Lipinski definition) is 2. The van der Waals surface area contributed by atoms with Crippen LogP contribution in [-0.4, -0.2) is 35.2 Å². The lowest BCUT2D eigenvalue weighted by molar-refractivity contribution is -0.0233. The molecule has 1 N–H and O–H groups in total. The zero-order valence-electron chi connectivity index (χ0n) is 10.8. The summed E-state index contributed by atoms with van der Waals surface area (Å²) in [7, 11) is 0. The van der Waals surface area contributed by atoms with Crippen molar-refractivity contribution in [3.05, 3.63) is 0 Å². The average molecular weight is 213 g/mol. The van der Waals surface area contributed by atoms with E-state index in [1.807, 2.05) is 6.92 Å². The van der Waals surface area contributed by atoms with Crippen LogP contribution in [0.2, 0.25) is 0 Å². The Morgan fingerprint density at radius 1 is 1.40 bits per heavy atom. The maximum Gasteiger partial charge on any atom is 0.0768 e. The summed E-state index contributed by atoms with van der Waals surface area (Å²) >= 11 is 0. The molecule has 0 aromatic carbocycles. The SMILES string of the molecule is CCN(CC1CCC1)CC(C)(O)C(C)C. The van der Waals surface area contributed by atoms with Gasteiger partial charge in [-0.25, -0.2) is 0 Å². The Bertz CT molecular complexity index is 185. The van der Waals surface area contributed by atoms with Crippen molar-refractivity contribution < 1.29 is 5.11 Å². The van der Waals surface area contributed by atoms with Gasteiger partial charge in [-0.3, -0.25) is 0 Å². The second-order valence-corrected chi connectivity index (χ2v) is 5.64. The fourth-order valence-corrected chi connectivity index (χ4v) is 1.98. The third-order valence-corrected chi connectivity index (χ3v) is 3.98. The van der Waals surface area contributed by atoms with Gasteiger partial charge in [0.1, 0.15) is 0 Å². The first-order valence-electron chi connectivity index (χ1n) is 6.40. The molecule has 0 amide bonds. The highest BCUT2D eigenvalue weighted by Gasteiger charge is 2.29. The van der Waals surface area contributed by atoms with Crippen LogP contribution < -0.4 is 0 Å². The van der Waals surface area contributed by atoms with Crippen molar-refractivity contribution in [2.24, 2.45) is 11.8 Å². The van der Waals surface area contributed by atoms with Crippen LogP contribution in [0.3, 0.4) is 0 Å². The molecule has 0 aromatic rings. The monoisotopic (exact) mass is 213 g/mol. The molecule has 1 aliphatic rings. The zero-order valence-corrected chi connectivity index (χ0v) is 10.8. The van der Waals surface area contributed by atoms with Crippen molar-refractivity contribution in [2.75, 3.05) is 19.6 Å². The predicted octanol–water partition coefficient (Wildman–Crippen LogP) is 2.52. The summed E-state index contributed by atoms with van der Waals surface area (Å²) in [5.41, 5.74) is -0.542. The molecular weight excluding hydrogens is 186 g/mol. The number of rotatable bonds is 6. The third-order valence-electron chi connectivity index (χ3n) is 3.98. The molecule has 1 unspecified atom stereocenters. The van der Waals surface area contributed by atoms with Gasteiger partial charge in [0.15, 0.2) is 0 Å². The van der Waals surface area contributed by atoms with Crippen molar-refractivity contribution >= 4 is 0 Å². The Morgan fingerprint density at radius 3 is 2.33 bits per heavy atom. The van der Waals surface area contributed by atoms with E-state index in [9.17, 15) is 5.11 Å². The van der Waals surface area contributed by atoms with E-state index in [1.165, 1.54) is 25.8 Å². The molecule has 2 nitrogen and oxygen atoms in total. The second kappa shape index (κ2) is 5.31. The Morgan fingerprint density at radius 2 is 2.00 bits per heavy atom. The summed E-state index contributed by atoms with van der Waals surface area (Å²) in [6.07, 6.45) is 4.18. The van der Waals surface area contributed by atoms with E-state index in [0.29, 0.717) is 5.92 Å². The van der Waals surface area contributed by atoms with Crippen LogP contribution in [0, 0.1) is 11.8 Å². The first-order chi connectivity index (χ1) is 6.95. The van der Waals surface area contributed by atoms with Crippen LogP contribution in [0.15, 0.2) is 0 Å². The standard InChI is InChI=1S/C13H27NO/c1-5-14(9-12-7-6-8-12)10-13(4,15)11(2)3/h11-12,15H,5-10H2,1-4H3. The van der Waals surface area contributed by atoms with Crippen LogP contribution >= 0.6 is 0 Å². The summed E-state index contributed by atoms with van der Waals surface area (Å²) in [4.78, 5) is 2.41. The average Bonchev–Trinajstić information content (AvgIpc) is 2.08. The highest BCUT2D eigenvalue weighted by molar-refractivity contribution is 4.82. The minimum absolute atomic E-state index is 0.327. The molecule has 1 aliphatic carbocycles. The number of aliphatic hydroxyl groups is 1. The maximum atomic E-state index is 10.3. The molecule has 90 valence electrons. The highest BCUT2D eigenvalue weighted by Crippen LogP contribution is 2.28. The van der Waals surface area contributed by atoms with Crippen LogP contribution in [0.1, 0.15) is 47.0 Å². The van der Waals surface area contributed by atoms with Crippen LogP contribution in [-0.2, 0) is 0 Å². The molecule has 0 aromatic heterocycles. The quantitative estimate of drug-likeness (QED) is 0.733. The molecule has 0 radical (unpaired) electrons. The van der Waals surface area contributed by atoms with Crippen molar-refractivity contribution in [2.45, 2.75) is 52.6 Å². The van der Waals surface area contributed by atoms with Gasteiger partial charge in [0.25, 0.3) is 0 Å². The second-order valence-electron chi connectivity index (χ2n) is 5.64. The van der Waals surface area contributed by atoms with Crippen molar-refractivity contribution in [1.82, 2.24) is 4.90 Å². The lowest BCUT2D eigenvalue weighted by atomic mass is 9.84. The van der Waals surface area contributed by atoms with Crippen molar-refractivity contribution in [1.29, 1.82) is 0 Å². The van der Waals surface area contributed by atoms with Gasteiger partial charge >= 0.3 is 0 Å². The normalized spacial score (nSPS) is 21.8. The molecule has 1 fully saturated rings. The number of hydrogen-bond donors (Lipinski definition) is 1. The van der Waals surface area contributed by atoms with Gasteiger partial charge in [-0.1, -0.05) is 27.2 Å². The summed E-state index contributed by atoms with van der Waals surface area (Å²) in [5, 5.41) is 10.3. The Kier molecular flexibility index (Phi) is 4.60. The zero-order chi connectivity index (χ0) is 11.5. The van der Waals surface area contributed by atoms with E-state index >= 15 is 0 Å². The molecule has 0 saturated heterocycles. The lowest BCUT2D eigenvalue weighted by Crippen LogP contribution is -2.46. The maximum absolute atomic E-state index is 10.3. The molecule has 2 heteroatoms. The molecule has 0 spiro atoms. The predicted molar refractivity (Wildman–Crippen MR) is 64.9 cm³/mol. The number of nitrogens with zero attached hydrogens (tertiary/aromatic N) is 1. The molecule has 0 bridgehead atoms. The van der Waals surface area contributed by atoms with Gasteiger partial charge in [0.2, 0.25) is 0 Å². The Balaban J connectivity index is 2.37. The lowest BCUT2D eigenvalue weighted by Gasteiger charge is -2.37. The van der Waals surface area contributed by atoms with Crippen molar-refractivity contribution in [3.8, 4) is 0 Å². The van der Waals surface area contributed by atoms with Crippen LogP contribution in [0.5, 0.6) is 0 Å². The summed E-state index contributed by atoms with van der Waals surface area (Å²) in [6, 6.07) is 0. The molecule has 15 heavy (non-hydrogen) atoms. The van der Waals surface area contributed by atoms with E-state index in [1.54, 1.807) is 0 Å². The van der Waals surface area contributed by atoms with Gasteiger partial charge in [-0.05, 0) is 38.1 Å². The van der Waals surface area contributed by atoms with E-state index in [2.05, 4.69) is 25.7 Å². The first kappa shape index (κ1) is 13.0. The topological polar surface area (TPSA) is 23.5 Å². The Hall–Kier alpha value is -0.0800. The minimum Gasteiger partial charge on any atom is -0.389 e. The summed E-state index contributed by atoms with van der Waals surface area (Å²) < 4.78 is 0. The molecule has 1 saturated carbocycles. The van der Waals surface area contributed by atoms with Gasteiger partial charge in [0, 0.05) is 13.1 Å². The molecular formula is C13H27NO. The van der Waals surface area contributed by atoms with Gasteiger partial charge in [0.05, 0.1) is 5.60 Å². The largest absolute Gasteiger partial charge is 0.389 e. The minimum atomic E-state index is -0.542. The Labute approximate surface area is 94.7 Å². The third kappa shape index (κ3) is 3.76. The molecule has 1 rings (SSSR count).